The third-order valence-electron chi connectivity index (χ3n) is 21.5. The number of furan rings is 1. The number of nitrogens with zero attached hydrogens (tertiary/aromatic N) is 12. The summed E-state index contributed by atoms with van der Waals surface area (Å²) in [6.45, 7) is 30.9. The van der Waals surface area contributed by atoms with Crippen LogP contribution in [-0.4, -0.2) is 57.9 Å². The number of anilines is 6. The van der Waals surface area contributed by atoms with Crippen molar-refractivity contribution in [3.05, 3.63) is 349 Å². The number of benzene rings is 10. The first-order chi connectivity index (χ1) is 52.6. The van der Waals surface area contributed by atoms with Gasteiger partial charge in [-0.2, -0.15) is 0 Å². The number of aromatic nitrogens is 4. The second kappa shape index (κ2) is 34.3. The lowest BCUT2D eigenvalue weighted by Crippen LogP contribution is -2.37. The summed E-state index contributed by atoms with van der Waals surface area (Å²) in [5, 5.41) is 3.62. The van der Waals surface area contributed by atoms with Crippen LogP contribution in [0.2, 0.25) is 0 Å². The third kappa shape index (κ3) is 16.6. The van der Waals surface area contributed by atoms with Crippen LogP contribution < -0.4 is 38.8 Å². The topological polar surface area (TPSA) is 56.7 Å². The summed E-state index contributed by atoms with van der Waals surface area (Å²) in [7, 11) is 8.30. The van der Waals surface area contributed by atoms with E-state index in [-0.39, 0.29) is 6.17 Å². The van der Waals surface area contributed by atoms with Crippen LogP contribution in [0.15, 0.2) is 309 Å². The molecule has 3 aromatic heterocycles. The van der Waals surface area contributed by atoms with Gasteiger partial charge >= 0.3 is 0 Å². The molecule has 0 fully saturated rings. The lowest BCUT2D eigenvalue weighted by molar-refractivity contribution is -0.744. The van der Waals surface area contributed by atoms with Crippen molar-refractivity contribution in [1.29, 1.82) is 0 Å². The average Bonchev–Trinajstić information content (AvgIpc) is 1.63. The summed E-state index contributed by atoms with van der Waals surface area (Å²) in [6, 6.07) is 82.7. The molecule has 0 amide bonds. The van der Waals surface area contributed by atoms with Gasteiger partial charge in [0, 0.05) is 109 Å². The Labute approximate surface area is 647 Å². The summed E-state index contributed by atoms with van der Waals surface area (Å²) >= 11 is 0. The molecule has 13 aromatic rings. The minimum Gasteiger partial charge on any atom is -0.454 e. The molecule has 0 saturated heterocycles. The van der Waals surface area contributed by atoms with Crippen LogP contribution in [0.1, 0.15) is 112 Å². The van der Waals surface area contributed by atoms with Crippen molar-refractivity contribution in [2.45, 2.75) is 133 Å². The largest absolute Gasteiger partial charge is 0.454 e. The predicted molar refractivity (Wildman–Crippen MR) is 459 cm³/mol. The SMILES string of the molecule is Cc1ccc2c(oc3ccccc32)c1N1C=CN(C)[C@@H]1C.Cc1ccccc1-n1c2ccccc2c[n+]1C.Cc1ccccc1-n1ccc[n+]1C.Cc1ccccc1N1C=CN(C)[C@@H]1C.Cc1ccccc1N1C=CN(c2c(C(C)C)cccc2C(C)C)[C@@H]1C.Cc1ccccc1N1C=CN(c2ccccc2)[C@@H]1C. The van der Waals surface area contributed by atoms with Crippen LogP contribution in [-0.2, 0) is 14.1 Å². The monoisotopic (exact) mass is 1450 g/mol. The summed E-state index contributed by atoms with van der Waals surface area (Å²) in [6.07, 6.45) is 24.7. The van der Waals surface area contributed by atoms with Gasteiger partial charge < -0.3 is 43.6 Å². The van der Waals surface area contributed by atoms with E-state index in [2.05, 4.69) is 450 Å². The van der Waals surface area contributed by atoms with Crippen LogP contribution in [0, 0.1) is 41.5 Å². The van der Waals surface area contributed by atoms with Crippen LogP contribution in [0.5, 0.6) is 0 Å². The minimum absolute atomic E-state index is 0.262. The maximum atomic E-state index is 6.17. The van der Waals surface area contributed by atoms with Gasteiger partial charge in [0.1, 0.15) is 47.1 Å². The molecule has 0 bridgehead atoms. The Hall–Kier alpha value is -12.0. The van der Waals surface area contributed by atoms with Crippen molar-refractivity contribution in [3.63, 3.8) is 0 Å². The highest BCUT2D eigenvalue weighted by molar-refractivity contribution is 6.09. The molecule has 0 spiro atoms. The Morgan fingerprint density at radius 2 is 0.761 bits per heavy atom. The second-order valence-corrected chi connectivity index (χ2v) is 29.5. The molecule has 13 nitrogen and oxygen atoms in total. The minimum atomic E-state index is 0.262. The lowest BCUT2D eigenvalue weighted by Gasteiger charge is -2.34. The van der Waals surface area contributed by atoms with Crippen molar-refractivity contribution in [2.75, 3.05) is 43.5 Å². The van der Waals surface area contributed by atoms with E-state index in [1.165, 1.54) is 106 Å². The summed E-state index contributed by atoms with van der Waals surface area (Å²) in [5.74, 6) is 1.00. The lowest BCUT2D eigenvalue weighted by atomic mass is 9.92. The normalized spacial score (nSPS) is 16.2. The molecular formula is C96H110N12O+2. The molecule has 109 heavy (non-hydrogen) atoms. The van der Waals surface area contributed by atoms with Crippen molar-refractivity contribution in [3.8, 4) is 11.4 Å². The van der Waals surface area contributed by atoms with E-state index in [1.807, 2.05) is 37.5 Å². The molecule has 13 heteroatoms. The summed E-state index contributed by atoms with van der Waals surface area (Å²) in [4.78, 5) is 18.4. The molecule has 0 saturated carbocycles. The first-order valence-corrected chi connectivity index (χ1v) is 38.4. The molecule has 0 unspecified atom stereocenters. The maximum Gasteiger partial charge on any atom is 0.203 e. The molecule has 4 atom stereocenters. The fraction of sp³-hybridized carbons (Fsp3) is 0.250. The summed E-state index contributed by atoms with van der Waals surface area (Å²) in [5.41, 5.74) is 23.8. The van der Waals surface area contributed by atoms with Gasteiger partial charge in [-0.1, -0.05) is 198 Å². The molecular weight excluding hydrogens is 1340 g/mol. The van der Waals surface area contributed by atoms with Crippen molar-refractivity contribution < 1.29 is 13.8 Å². The van der Waals surface area contributed by atoms with Gasteiger partial charge in [-0.25, -0.2) is 0 Å². The standard InChI is InChI=1S/C23H30N2.C18H18N2O.C17H18N2.C15H15N2.C12H16N2.C11H13N2/c1-16(2)20-11-9-12-21(17(3)4)23(20)25-15-14-24(19(25)6)22-13-8-7-10-18(22)5;1-12-8-9-15-14-6-4-5-7-16(14)21-18(15)17(12)20-11-10-19(3)13(20)2;1-14-8-6-7-11-17(14)19-13-12-18(15(19)2)16-9-4-3-5-10-16;1-12-7-3-5-9-14(12)17-15-10-6-4-8-13(15)11-16(17)2;1-10-6-4-5-7-12(10)14-9-8-13(3)11(14)2;1-10-6-3-4-7-11(10)13-9-5-8-12(13)2/h7-17,19H,1-6H3;4-11,13H,1-3H3;3-13,15H,1-2H3;3-11H,1-2H3;4-9,11H,1-3H3;3-9H,1-2H3/q;;;+1;;+1/t19-;13-;15-;;11-;/m100.0./s1. The molecule has 0 N–H and O–H groups in total. The smallest absolute Gasteiger partial charge is 0.203 e. The molecule has 558 valence electrons. The molecule has 4 aliphatic heterocycles. The van der Waals surface area contributed by atoms with Crippen LogP contribution >= 0.6 is 0 Å². The van der Waals surface area contributed by atoms with E-state index in [9.17, 15) is 0 Å². The Bertz CT molecular complexity index is 5340. The molecule has 10 aromatic carbocycles. The van der Waals surface area contributed by atoms with Crippen LogP contribution in [0.3, 0.4) is 0 Å². The Kier molecular flexibility index (Phi) is 24.1. The molecule has 4 aliphatic rings. The van der Waals surface area contributed by atoms with Gasteiger partial charge in [-0.15, -0.1) is 18.7 Å². The van der Waals surface area contributed by atoms with Crippen LogP contribution in [0.25, 0.3) is 44.2 Å². The zero-order valence-corrected chi connectivity index (χ0v) is 67.1. The second-order valence-electron chi connectivity index (χ2n) is 29.5. The van der Waals surface area contributed by atoms with Crippen molar-refractivity contribution in [1.82, 2.24) is 19.2 Å². The fourth-order valence-corrected chi connectivity index (χ4v) is 14.9. The first-order valence-electron chi connectivity index (χ1n) is 38.4. The Morgan fingerprint density at radius 3 is 1.27 bits per heavy atom. The highest BCUT2D eigenvalue weighted by Crippen LogP contribution is 2.42. The van der Waals surface area contributed by atoms with Gasteiger partial charge in [0.25, 0.3) is 0 Å². The number of aryl methyl sites for hydroxylation is 8. The number of hydrogen-bond acceptors (Lipinski definition) is 9. The highest BCUT2D eigenvalue weighted by atomic mass is 16.3. The van der Waals surface area contributed by atoms with E-state index in [0.717, 1.165) is 16.9 Å². The number of para-hydroxylation sites is 9. The van der Waals surface area contributed by atoms with E-state index >= 15 is 0 Å². The van der Waals surface area contributed by atoms with Crippen molar-refractivity contribution >= 4 is 67.0 Å². The van der Waals surface area contributed by atoms with E-state index < -0.39 is 0 Å². The number of rotatable bonds is 10. The van der Waals surface area contributed by atoms with Gasteiger partial charge in [0.05, 0.1) is 17.3 Å². The highest BCUT2D eigenvalue weighted by Gasteiger charge is 2.31. The molecule has 17 rings (SSSR count). The summed E-state index contributed by atoms with van der Waals surface area (Å²) < 4.78 is 14.7. The zero-order valence-electron chi connectivity index (χ0n) is 67.1. The van der Waals surface area contributed by atoms with E-state index in [1.54, 1.807) is 0 Å². The van der Waals surface area contributed by atoms with Gasteiger partial charge in [-0.05, 0) is 186 Å². The Morgan fingerprint density at radius 1 is 0.339 bits per heavy atom. The van der Waals surface area contributed by atoms with E-state index in [4.69, 9.17) is 4.42 Å². The first kappa shape index (κ1) is 76.7. The number of fused-ring (bicyclic) bond motifs is 4. The molecule has 0 aliphatic carbocycles. The third-order valence-corrected chi connectivity index (χ3v) is 21.5. The maximum absolute atomic E-state index is 6.17. The zero-order chi connectivity index (χ0) is 77.2. The van der Waals surface area contributed by atoms with E-state index in [0.29, 0.717) is 30.3 Å². The van der Waals surface area contributed by atoms with Gasteiger partial charge in [-0.3, -0.25) is 0 Å². The Balaban J connectivity index is 0.000000123. The predicted octanol–water partition coefficient (Wildman–Crippen LogP) is 21.9. The van der Waals surface area contributed by atoms with Crippen molar-refractivity contribution in [2.24, 2.45) is 14.1 Å². The molecule has 0 radical (unpaired) electrons. The number of hydrogen-bond donors (Lipinski definition) is 0. The average molecular weight is 1450 g/mol. The quantitative estimate of drug-likeness (QED) is 0.125. The van der Waals surface area contributed by atoms with Crippen LogP contribution in [0.4, 0.5) is 34.1 Å². The fourth-order valence-electron chi connectivity index (χ4n) is 14.9. The van der Waals surface area contributed by atoms with Gasteiger partial charge in [0.2, 0.25) is 6.20 Å². The van der Waals surface area contributed by atoms with Gasteiger partial charge in [0.15, 0.2) is 25.9 Å². The molecule has 7 heterocycles.